The maximum atomic E-state index is 13.0. The molecule has 0 aromatic carbocycles. The summed E-state index contributed by atoms with van der Waals surface area (Å²) in [5.74, 6) is -3.82. The number of esters is 1. The Hall–Kier alpha value is -1.32. The molecular weight excluding hydrogens is 340 g/mol. The van der Waals surface area contributed by atoms with Crippen molar-refractivity contribution >= 4 is 40.8 Å². The number of nitrogens with one attached hydrogen (secondary N) is 2. The van der Waals surface area contributed by atoms with Crippen molar-refractivity contribution in [3.8, 4) is 0 Å². The number of ether oxygens (including phenoxy) is 1. The minimum atomic E-state index is -2.86. The molecule has 1 amide bonds. The van der Waals surface area contributed by atoms with E-state index in [-0.39, 0.29) is 30.6 Å². The zero-order valence-corrected chi connectivity index (χ0v) is 13.4. The molecule has 2 rings (SSSR count). The van der Waals surface area contributed by atoms with Gasteiger partial charge in [0, 0.05) is 11.8 Å². The lowest BCUT2D eigenvalue weighted by atomic mass is 10.2. The Morgan fingerprint density at radius 2 is 2.32 bits per heavy atom. The zero-order valence-electron chi connectivity index (χ0n) is 11.7. The Bertz CT molecular complexity index is 541. The van der Waals surface area contributed by atoms with E-state index < -0.39 is 36.8 Å². The molecule has 0 spiro atoms. The molecule has 1 aliphatic rings. The van der Waals surface area contributed by atoms with Gasteiger partial charge >= 0.3 is 5.97 Å². The maximum absolute atomic E-state index is 13.0. The minimum absolute atomic E-state index is 0. The number of anilines is 1. The van der Waals surface area contributed by atoms with Crippen LogP contribution in [-0.2, 0) is 20.7 Å². The van der Waals surface area contributed by atoms with Crippen molar-refractivity contribution in [1.82, 2.24) is 10.3 Å². The number of nitrogens with zero attached hydrogens (tertiary/aromatic N) is 1. The summed E-state index contributed by atoms with van der Waals surface area (Å²) in [5.41, 5.74) is 0.471. The maximum Gasteiger partial charge on any atom is 0.311 e. The topological polar surface area (TPSA) is 80.3 Å². The van der Waals surface area contributed by atoms with E-state index in [2.05, 4.69) is 15.6 Å². The predicted octanol–water partition coefficient (Wildman–Crippen LogP) is 1.61. The fraction of sp³-hybridized carbons (Fsp3) is 0.583. The van der Waals surface area contributed by atoms with Crippen LogP contribution in [0.5, 0.6) is 0 Å². The summed E-state index contributed by atoms with van der Waals surface area (Å²) in [6.45, 7) is 1.49. The molecule has 1 fully saturated rings. The molecule has 2 N–H and O–H groups in total. The van der Waals surface area contributed by atoms with Crippen LogP contribution < -0.4 is 10.6 Å². The first kappa shape index (κ1) is 18.7. The highest BCUT2D eigenvalue weighted by atomic mass is 35.5. The number of hydrogen-bond donors (Lipinski definition) is 2. The van der Waals surface area contributed by atoms with Gasteiger partial charge in [-0.05, 0) is 6.92 Å². The second-order valence-electron chi connectivity index (χ2n) is 4.61. The summed E-state index contributed by atoms with van der Waals surface area (Å²) in [5, 5.41) is 6.82. The van der Waals surface area contributed by atoms with E-state index in [1.807, 2.05) is 0 Å². The van der Waals surface area contributed by atoms with Gasteiger partial charge in [-0.25, -0.2) is 13.8 Å². The Balaban J connectivity index is 0.00000242. The molecule has 1 aromatic heterocycles. The van der Waals surface area contributed by atoms with Gasteiger partial charge in [-0.15, -0.1) is 23.7 Å². The fourth-order valence-corrected chi connectivity index (χ4v) is 2.61. The van der Waals surface area contributed by atoms with E-state index in [4.69, 9.17) is 4.74 Å². The van der Waals surface area contributed by atoms with E-state index >= 15 is 0 Å². The summed E-state index contributed by atoms with van der Waals surface area (Å²) in [6, 6.07) is -0.933. The lowest BCUT2D eigenvalue weighted by Crippen LogP contribution is -2.35. The van der Waals surface area contributed by atoms with Gasteiger partial charge in [0.15, 0.2) is 5.13 Å². The summed E-state index contributed by atoms with van der Waals surface area (Å²) >= 11 is 1.13. The van der Waals surface area contributed by atoms with Gasteiger partial charge in [0.25, 0.3) is 5.92 Å². The summed E-state index contributed by atoms with van der Waals surface area (Å²) in [4.78, 5) is 27.1. The molecule has 2 heterocycles. The molecule has 124 valence electrons. The number of alkyl halides is 2. The van der Waals surface area contributed by atoms with Crippen molar-refractivity contribution in [1.29, 1.82) is 0 Å². The largest absolute Gasteiger partial charge is 0.466 e. The number of carbonyl (C=O) groups excluding carboxylic acids is 2. The second kappa shape index (κ2) is 7.80. The predicted molar refractivity (Wildman–Crippen MR) is 79.7 cm³/mol. The number of carbonyl (C=O) groups is 2. The van der Waals surface area contributed by atoms with Crippen molar-refractivity contribution in [2.45, 2.75) is 31.7 Å². The standard InChI is InChI=1S/C12H15F2N3O3S.ClH/c1-2-20-9(18)3-7-5-21-11(16-7)17-10(19)8-4-12(13,14)6-15-8;/h5,8,15H,2-4,6H2,1H3,(H,16,17,19);1H. The first-order valence-electron chi connectivity index (χ1n) is 6.42. The summed E-state index contributed by atoms with van der Waals surface area (Å²) < 4.78 is 30.8. The molecule has 1 aromatic rings. The highest BCUT2D eigenvalue weighted by molar-refractivity contribution is 7.13. The number of aromatic nitrogens is 1. The molecule has 0 radical (unpaired) electrons. The Morgan fingerprint density at radius 1 is 1.59 bits per heavy atom. The highest BCUT2D eigenvalue weighted by Crippen LogP contribution is 2.26. The highest BCUT2D eigenvalue weighted by Gasteiger charge is 2.42. The van der Waals surface area contributed by atoms with Crippen LogP contribution in [-0.4, -0.2) is 42.0 Å². The lowest BCUT2D eigenvalue weighted by molar-refractivity contribution is -0.142. The van der Waals surface area contributed by atoms with Gasteiger partial charge in [0.2, 0.25) is 5.91 Å². The van der Waals surface area contributed by atoms with Gasteiger partial charge < -0.3 is 10.1 Å². The lowest BCUT2D eigenvalue weighted by Gasteiger charge is -2.09. The second-order valence-corrected chi connectivity index (χ2v) is 5.47. The van der Waals surface area contributed by atoms with Crippen molar-refractivity contribution < 1.29 is 23.1 Å². The molecular formula is C12H16ClF2N3O3S. The normalized spacial score (nSPS) is 19.3. The number of amides is 1. The van der Waals surface area contributed by atoms with Crippen molar-refractivity contribution in [3.63, 3.8) is 0 Å². The number of halogens is 3. The van der Waals surface area contributed by atoms with E-state index in [0.29, 0.717) is 5.69 Å². The van der Waals surface area contributed by atoms with Crippen molar-refractivity contribution in [2.24, 2.45) is 0 Å². The average molecular weight is 356 g/mol. The van der Waals surface area contributed by atoms with Crippen molar-refractivity contribution in [2.75, 3.05) is 18.5 Å². The van der Waals surface area contributed by atoms with Crippen LogP contribution in [0.4, 0.5) is 13.9 Å². The summed E-state index contributed by atoms with van der Waals surface area (Å²) in [7, 11) is 0. The van der Waals surface area contributed by atoms with Gasteiger partial charge in [-0.3, -0.25) is 14.9 Å². The van der Waals surface area contributed by atoms with Gasteiger partial charge in [-0.2, -0.15) is 0 Å². The van der Waals surface area contributed by atoms with Crippen LogP contribution in [0, 0.1) is 0 Å². The van der Waals surface area contributed by atoms with E-state index in [0.717, 1.165) is 11.3 Å². The molecule has 22 heavy (non-hydrogen) atoms. The Labute approximate surface area is 136 Å². The molecule has 1 saturated heterocycles. The van der Waals surface area contributed by atoms with Crippen LogP contribution in [0.2, 0.25) is 0 Å². The smallest absolute Gasteiger partial charge is 0.311 e. The van der Waals surface area contributed by atoms with Crippen LogP contribution in [0.1, 0.15) is 19.0 Å². The van der Waals surface area contributed by atoms with E-state index in [1.54, 1.807) is 12.3 Å². The number of hydrogen-bond acceptors (Lipinski definition) is 6. The average Bonchev–Trinajstić information content (AvgIpc) is 2.96. The van der Waals surface area contributed by atoms with Gasteiger partial charge in [-0.1, -0.05) is 0 Å². The zero-order chi connectivity index (χ0) is 15.5. The van der Waals surface area contributed by atoms with Crippen LogP contribution >= 0.6 is 23.7 Å². The SMILES string of the molecule is CCOC(=O)Cc1csc(NC(=O)C2CC(F)(F)CN2)n1.Cl. The molecule has 1 unspecified atom stereocenters. The third-order valence-corrected chi connectivity index (χ3v) is 3.65. The first-order chi connectivity index (χ1) is 9.89. The molecule has 6 nitrogen and oxygen atoms in total. The molecule has 0 saturated carbocycles. The van der Waals surface area contributed by atoms with Gasteiger partial charge in [0.05, 0.1) is 31.3 Å². The molecule has 1 aliphatic heterocycles. The monoisotopic (exact) mass is 355 g/mol. The van der Waals surface area contributed by atoms with E-state index in [1.165, 1.54) is 0 Å². The molecule has 1 atom stereocenters. The fourth-order valence-electron chi connectivity index (χ4n) is 1.90. The molecule has 0 aliphatic carbocycles. The molecule has 0 bridgehead atoms. The van der Waals surface area contributed by atoms with Crippen LogP contribution in [0.15, 0.2) is 5.38 Å². The first-order valence-corrected chi connectivity index (χ1v) is 7.29. The van der Waals surface area contributed by atoms with Crippen LogP contribution in [0.25, 0.3) is 0 Å². The number of rotatable bonds is 5. The quantitative estimate of drug-likeness (QED) is 0.784. The number of thiazole rings is 1. The van der Waals surface area contributed by atoms with Crippen molar-refractivity contribution in [3.05, 3.63) is 11.1 Å². The summed E-state index contributed by atoms with van der Waals surface area (Å²) in [6.07, 6.45) is -0.514. The molecule has 10 heteroatoms. The third kappa shape index (κ3) is 5.15. The van der Waals surface area contributed by atoms with Gasteiger partial charge in [0.1, 0.15) is 0 Å². The van der Waals surface area contributed by atoms with E-state index in [9.17, 15) is 18.4 Å². The Morgan fingerprint density at radius 3 is 2.91 bits per heavy atom. The van der Waals surface area contributed by atoms with Crippen LogP contribution in [0.3, 0.4) is 0 Å². The minimum Gasteiger partial charge on any atom is -0.466 e. The Kier molecular flexibility index (Phi) is 6.64. The third-order valence-electron chi connectivity index (χ3n) is 2.84.